The van der Waals surface area contributed by atoms with Gasteiger partial charge in [-0.1, -0.05) is 24.4 Å². The zero-order chi connectivity index (χ0) is 26.4. The Morgan fingerprint density at radius 2 is 1.97 bits per heavy atom. The Hall–Kier alpha value is -4.45. The van der Waals surface area contributed by atoms with Crippen molar-refractivity contribution in [3.05, 3.63) is 89.0 Å². The Labute approximate surface area is 219 Å². The van der Waals surface area contributed by atoms with Crippen LogP contribution in [-0.4, -0.2) is 35.0 Å². The number of nitrogen functional groups attached to an aromatic ring is 1. The first kappa shape index (κ1) is 23.9. The molecule has 10 nitrogen and oxygen atoms in total. The molecule has 0 saturated heterocycles. The van der Waals surface area contributed by atoms with E-state index in [9.17, 15) is 9.60 Å². The van der Waals surface area contributed by atoms with E-state index in [1.165, 1.54) is 35.5 Å². The summed E-state index contributed by atoms with van der Waals surface area (Å²) < 4.78 is 33.3. The third-order valence-corrected chi connectivity index (χ3v) is 6.89. The van der Waals surface area contributed by atoms with E-state index in [1.807, 2.05) is 0 Å². The van der Waals surface area contributed by atoms with Crippen LogP contribution < -0.4 is 10.5 Å². The standard InChI is InChI=1S/C25H20ClF2N9O/c26-18-5-7-20(36-13-30-33-34-36)23(24(18)27)15-3-6-19(37(38)12-15)21(9-14-1-2-14)35-11-16(10-31-35)17-4-8-22(29)32-25(17)28/h3-8,10-14,21H,1-2,9H2,(H2,29,32)/t21-/m1/s1. The Morgan fingerprint density at radius 1 is 1.13 bits per heavy atom. The average Bonchev–Trinajstić information content (AvgIpc) is 3.33. The molecule has 0 radical (unpaired) electrons. The molecule has 1 saturated carbocycles. The number of rotatable bonds is 7. The monoisotopic (exact) mass is 535 g/mol. The summed E-state index contributed by atoms with van der Waals surface area (Å²) in [7, 11) is 0. The fraction of sp³-hybridized carbons (Fsp3) is 0.200. The van der Waals surface area contributed by atoms with Crippen molar-refractivity contribution in [1.82, 2.24) is 35.0 Å². The van der Waals surface area contributed by atoms with Crippen LogP contribution in [0.2, 0.25) is 5.02 Å². The molecule has 4 heterocycles. The molecule has 2 N–H and O–H groups in total. The largest absolute Gasteiger partial charge is 0.618 e. The van der Waals surface area contributed by atoms with E-state index in [-0.39, 0.29) is 22.0 Å². The third kappa shape index (κ3) is 4.43. The Kier molecular flexibility index (Phi) is 5.95. The molecule has 4 aromatic heterocycles. The summed E-state index contributed by atoms with van der Waals surface area (Å²) in [6, 6.07) is 8.91. The van der Waals surface area contributed by atoms with Crippen LogP contribution in [0.15, 0.2) is 61.3 Å². The maximum absolute atomic E-state index is 15.2. The van der Waals surface area contributed by atoms with Gasteiger partial charge in [-0.25, -0.2) is 9.37 Å². The van der Waals surface area contributed by atoms with Gasteiger partial charge in [0.15, 0.2) is 12.0 Å². The van der Waals surface area contributed by atoms with E-state index >= 15 is 4.39 Å². The van der Waals surface area contributed by atoms with Gasteiger partial charge in [0.05, 0.1) is 28.0 Å². The van der Waals surface area contributed by atoms with Crippen LogP contribution in [-0.2, 0) is 0 Å². The zero-order valence-electron chi connectivity index (χ0n) is 19.7. The summed E-state index contributed by atoms with van der Waals surface area (Å²) in [5.41, 5.74) is 7.47. The molecule has 5 aromatic rings. The molecule has 1 aliphatic carbocycles. The molecule has 0 spiro atoms. The first-order chi connectivity index (χ1) is 18.4. The van der Waals surface area contributed by atoms with Gasteiger partial charge >= 0.3 is 0 Å². The van der Waals surface area contributed by atoms with Crippen LogP contribution in [0.25, 0.3) is 27.9 Å². The molecule has 0 unspecified atom stereocenters. The summed E-state index contributed by atoms with van der Waals surface area (Å²) in [5.74, 6) is -0.873. The number of nitrogens with two attached hydrogens (primary N) is 1. The zero-order valence-corrected chi connectivity index (χ0v) is 20.5. The van der Waals surface area contributed by atoms with E-state index in [1.54, 1.807) is 35.1 Å². The first-order valence-corrected chi connectivity index (χ1v) is 12.2. The van der Waals surface area contributed by atoms with Gasteiger partial charge in [0.1, 0.15) is 18.2 Å². The van der Waals surface area contributed by atoms with Crippen LogP contribution in [0.3, 0.4) is 0 Å². The van der Waals surface area contributed by atoms with E-state index < -0.39 is 17.8 Å². The number of nitrogens with zero attached hydrogens (tertiary/aromatic N) is 8. The fourth-order valence-electron chi connectivity index (χ4n) is 4.52. The number of aromatic nitrogens is 8. The Morgan fingerprint density at radius 3 is 2.68 bits per heavy atom. The highest BCUT2D eigenvalue weighted by molar-refractivity contribution is 6.31. The minimum absolute atomic E-state index is 0.0807. The molecule has 13 heteroatoms. The predicted molar refractivity (Wildman–Crippen MR) is 134 cm³/mol. The molecule has 1 aromatic carbocycles. The van der Waals surface area contributed by atoms with Gasteiger partial charge < -0.3 is 10.9 Å². The summed E-state index contributed by atoms with van der Waals surface area (Å²) in [4.78, 5) is 3.68. The van der Waals surface area contributed by atoms with Gasteiger partial charge in [-0.05, 0) is 53.1 Å². The van der Waals surface area contributed by atoms with Gasteiger partial charge in [0.2, 0.25) is 11.6 Å². The lowest BCUT2D eigenvalue weighted by molar-refractivity contribution is -0.615. The number of hydrogen-bond acceptors (Lipinski definition) is 7. The van der Waals surface area contributed by atoms with E-state index in [4.69, 9.17) is 17.3 Å². The number of tetrazole rings is 1. The van der Waals surface area contributed by atoms with Gasteiger partial charge in [-0.3, -0.25) is 4.68 Å². The highest BCUT2D eigenvalue weighted by atomic mass is 35.5. The molecule has 1 atom stereocenters. The Balaban J connectivity index is 1.40. The second-order valence-electron chi connectivity index (χ2n) is 9.16. The smallest absolute Gasteiger partial charge is 0.222 e. The van der Waals surface area contributed by atoms with Crippen molar-refractivity contribution in [3.63, 3.8) is 0 Å². The van der Waals surface area contributed by atoms with E-state index in [2.05, 4.69) is 25.6 Å². The minimum Gasteiger partial charge on any atom is -0.618 e. The number of halogens is 3. The second kappa shape index (κ2) is 9.45. The van der Waals surface area contributed by atoms with Gasteiger partial charge in [-0.2, -0.15) is 18.9 Å². The molecule has 6 rings (SSSR count). The average molecular weight is 536 g/mol. The second-order valence-corrected chi connectivity index (χ2v) is 9.56. The van der Waals surface area contributed by atoms with Gasteiger partial charge in [-0.15, -0.1) is 5.10 Å². The molecule has 38 heavy (non-hydrogen) atoms. The number of benzene rings is 1. The molecule has 1 fully saturated rings. The fourth-order valence-corrected chi connectivity index (χ4v) is 4.68. The summed E-state index contributed by atoms with van der Waals surface area (Å²) in [6.07, 6.45) is 8.62. The number of pyridine rings is 2. The van der Waals surface area contributed by atoms with Crippen molar-refractivity contribution in [1.29, 1.82) is 0 Å². The van der Waals surface area contributed by atoms with E-state index in [0.29, 0.717) is 39.6 Å². The van der Waals surface area contributed by atoms with Gasteiger partial charge in [0, 0.05) is 23.4 Å². The van der Waals surface area contributed by atoms with Crippen molar-refractivity contribution in [2.75, 3.05) is 5.73 Å². The van der Waals surface area contributed by atoms with Crippen molar-refractivity contribution >= 4 is 17.4 Å². The molecule has 0 bridgehead atoms. The van der Waals surface area contributed by atoms with Crippen LogP contribution >= 0.6 is 11.6 Å². The summed E-state index contributed by atoms with van der Waals surface area (Å²) >= 11 is 6.06. The molecule has 1 aliphatic rings. The topological polar surface area (TPSA) is 127 Å². The number of hydrogen-bond donors (Lipinski definition) is 1. The van der Waals surface area contributed by atoms with Crippen molar-refractivity contribution in [3.8, 4) is 27.9 Å². The first-order valence-electron chi connectivity index (χ1n) is 11.8. The van der Waals surface area contributed by atoms with Crippen LogP contribution in [0, 0.1) is 22.9 Å². The van der Waals surface area contributed by atoms with Crippen LogP contribution in [0.5, 0.6) is 0 Å². The SMILES string of the molecule is Nc1ccc(-c2cnn([C@H](CC3CC3)c3ccc(-c4c(-n5cnnn5)ccc(Cl)c4F)c[n+]3[O-])c2)c(F)n1. The number of anilines is 1. The van der Waals surface area contributed by atoms with Gasteiger partial charge in [0.25, 0.3) is 0 Å². The molecule has 0 aliphatic heterocycles. The Bertz CT molecular complexity index is 1640. The highest BCUT2D eigenvalue weighted by Crippen LogP contribution is 2.39. The van der Waals surface area contributed by atoms with Crippen molar-refractivity contribution < 1.29 is 13.5 Å². The lowest BCUT2D eigenvalue weighted by Gasteiger charge is -2.18. The lowest BCUT2D eigenvalue weighted by Crippen LogP contribution is -2.35. The molecular formula is C25H20ClF2N9O. The summed E-state index contributed by atoms with van der Waals surface area (Å²) in [6.45, 7) is 0. The summed E-state index contributed by atoms with van der Waals surface area (Å²) in [5, 5.41) is 28.8. The maximum Gasteiger partial charge on any atom is 0.222 e. The minimum atomic E-state index is -0.700. The normalized spacial score (nSPS) is 14.1. The quantitative estimate of drug-likeness (QED) is 0.188. The predicted octanol–water partition coefficient (Wildman–Crippen LogP) is 4.12. The molecular weight excluding hydrogens is 516 g/mol. The third-order valence-electron chi connectivity index (χ3n) is 6.60. The van der Waals surface area contributed by atoms with Crippen molar-refractivity contribution in [2.45, 2.75) is 25.3 Å². The highest BCUT2D eigenvalue weighted by Gasteiger charge is 2.32. The van der Waals surface area contributed by atoms with Crippen LogP contribution in [0.1, 0.15) is 31.0 Å². The van der Waals surface area contributed by atoms with Crippen molar-refractivity contribution in [2.24, 2.45) is 5.92 Å². The lowest BCUT2D eigenvalue weighted by atomic mass is 10.0. The molecule has 0 amide bonds. The van der Waals surface area contributed by atoms with Crippen LogP contribution in [0.4, 0.5) is 14.6 Å². The van der Waals surface area contributed by atoms with E-state index in [0.717, 1.165) is 12.8 Å². The maximum atomic E-state index is 15.2. The molecule has 192 valence electrons.